The molecule has 2 aromatic carbocycles. The summed E-state index contributed by atoms with van der Waals surface area (Å²) in [7, 11) is 0. The van der Waals surface area contributed by atoms with Gasteiger partial charge in [0.1, 0.15) is 12.4 Å². The molecule has 2 nitrogen and oxygen atoms in total. The van der Waals surface area contributed by atoms with Crippen LogP contribution >= 0.6 is 0 Å². The van der Waals surface area contributed by atoms with Crippen molar-refractivity contribution in [1.29, 1.82) is 0 Å². The molecule has 8 heteroatoms. The lowest BCUT2D eigenvalue weighted by Gasteiger charge is -2.17. The number of halogens is 6. The van der Waals surface area contributed by atoms with E-state index in [1.54, 1.807) is 18.2 Å². The molecule has 0 amide bonds. The van der Waals surface area contributed by atoms with Gasteiger partial charge in [-0.25, -0.2) is 0 Å². The Balaban J connectivity index is 2.31. The first-order valence-corrected chi connectivity index (χ1v) is 7.72. The Bertz CT molecular complexity index is 737. The summed E-state index contributed by atoms with van der Waals surface area (Å²) >= 11 is 0. The van der Waals surface area contributed by atoms with Crippen molar-refractivity contribution in [3.8, 4) is 5.75 Å². The maximum absolute atomic E-state index is 13.1. The van der Waals surface area contributed by atoms with Crippen LogP contribution in [0.5, 0.6) is 5.75 Å². The van der Waals surface area contributed by atoms with Gasteiger partial charge in [0.2, 0.25) is 0 Å². The molecule has 26 heavy (non-hydrogen) atoms. The van der Waals surface area contributed by atoms with Crippen LogP contribution in [-0.4, -0.2) is 11.7 Å². The van der Waals surface area contributed by atoms with Crippen LogP contribution in [0.25, 0.3) is 0 Å². The van der Waals surface area contributed by atoms with Gasteiger partial charge in [0.15, 0.2) is 0 Å². The molecule has 2 aromatic rings. The molecule has 0 spiro atoms. The third-order valence-corrected chi connectivity index (χ3v) is 3.70. The minimum absolute atomic E-state index is 0.0693. The third-order valence-electron chi connectivity index (χ3n) is 3.70. The van der Waals surface area contributed by atoms with Gasteiger partial charge in [0.05, 0.1) is 11.1 Å². The topological polar surface area (TPSA) is 29.5 Å². The van der Waals surface area contributed by atoms with Crippen LogP contribution in [0.2, 0.25) is 0 Å². The standard InChI is InChI=1S/C18H16F6O2/c19-17(20,21)14-7-8-15(18(22,23)24)13(10-14)11-26-16-6-2-1-4-12(16)5-3-9-25/h1-2,4,6-8,10,25H,3,5,9,11H2. The van der Waals surface area contributed by atoms with E-state index in [4.69, 9.17) is 9.84 Å². The summed E-state index contributed by atoms with van der Waals surface area (Å²) < 4.78 is 83.1. The zero-order valence-electron chi connectivity index (χ0n) is 13.5. The number of aliphatic hydroxyl groups excluding tert-OH is 1. The van der Waals surface area contributed by atoms with Gasteiger partial charge < -0.3 is 9.84 Å². The predicted octanol–water partition coefficient (Wildman–Crippen LogP) is 5.23. The SMILES string of the molecule is OCCCc1ccccc1OCc1cc(C(F)(F)F)ccc1C(F)(F)F. The molecule has 0 aromatic heterocycles. The average Bonchev–Trinajstić information content (AvgIpc) is 2.57. The number of aryl methyl sites for hydroxylation is 1. The Labute approximate surface area is 146 Å². The molecule has 1 N–H and O–H groups in total. The number of hydrogen-bond acceptors (Lipinski definition) is 2. The van der Waals surface area contributed by atoms with Crippen molar-refractivity contribution >= 4 is 0 Å². The van der Waals surface area contributed by atoms with Gasteiger partial charge in [-0.2, -0.15) is 26.3 Å². The van der Waals surface area contributed by atoms with Crippen LogP contribution in [0, 0.1) is 0 Å². The van der Waals surface area contributed by atoms with E-state index in [0.29, 0.717) is 36.6 Å². The Morgan fingerprint density at radius 1 is 0.846 bits per heavy atom. The molecule has 0 unspecified atom stereocenters. The number of alkyl halides is 6. The normalized spacial score (nSPS) is 12.3. The molecular formula is C18H16F6O2. The Morgan fingerprint density at radius 3 is 2.15 bits per heavy atom. The van der Waals surface area contributed by atoms with Crippen molar-refractivity contribution in [3.05, 3.63) is 64.7 Å². The van der Waals surface area contributed by atoms with Crippen molar-refractivity contribution < 1.29 is 36.2 Å². The summed E-state index contributed by atoms with van der Waals surface area (Å²) in [5.41, 5.74) is -2.28. The molecule has 0 aliphatic rings. The average molecular weight is 378 g/mol. The fraction of sp³-hybridized carbons (Fsp3) is 0.333. The van der Waals surface area contributed by atoms with Crippen molar-refractivity contribution in [2.24, 2.45) is 0 Å². The van der Waals surface area contributed by atoms with Crippen LogP contribution in [-0.2, 0) is 25.4 Å². The fourth-order valence-electron chi connectivity index (χ4n) is 2.44. The molecule has 0 saturated heterocycles. The third kappa shape index (κ3) is 5.14. The summed E-state index contributed by atoms with van der Waals surface area (Å²) in [6.07, 6.45) is -8.68. The Morgan fingerprint density at radius 2 is 1.54 bits per heavy atom. The molecule has 0 fully saturated rings. The summed E-state index contributed by atoms with van der Waals surface area (Å²) in [5.74, 6) is 0.270. The monoisotopic (exact) mass is 378 g/mol. The number of ether oxygens (including phenoxy) is 1. The van der Waals surface area contributed by atoms with E-state index in [9.17, 15) is 26.3 Å². The maximum atomic E-state index is 13.1. The van der Waals surface area contributed by atoms with Gasteiger partial charge in [-0.15, -0.1) is 0 Å². The van der Waals surface area contributed by atoms with Crippen LogP contribution in [0.3, 0.4) is 0 Å². The highest BCUT2D eigenvalue weighted by molar-refractivity contribution is 5.37. The molecule has 0 aliphatic carbocycles. The highest BCUT2D eigenvalue weighted by atomic mass is 19.4. The van der Waals surface area contributed by atoms with Crippen LogP contribution < -0.4 is 4.74 Å². The van der Waals surface area contributed by atoms with E-state index in [-0.39, 0.29) is 12.4 Å². The molecule has 2 rings (SSSR count). The van der Waals surface area contributed by atoms with Crippen molar-refractivity contribution in [3.63, 3.8) is 0 Å². The quantitative estimate of drug-likeness (QED) is 0.698. The van der Waals surface area contributed by atoms with Gasteiger partial charge >= 0.3 is 12.4 Å². The molecule has 142 valence electrons. The van der Waals surface area contributed by atoms with E-state index in [0.717, 1.165) is 0 Å². The smallest absolute Gasteiger partial charge is 0.416 e. The number of hydrogen-bond donors (Lipinski definition) is 1. The Kier molecular flexibility index (Phi) is 6.17. The van der Waals surface area contributed by atoms with Crippen molar-refractivity contribution in [2.45, 2.75) is 31.8 Å². The molecule has 0 atom stereocenters. The molecule has 0 bridgehead atoms. The fourth-order valence-corrected chi connectivity index (χ4v) is 2.44. The summed E-state index contributed by atoms with van der Waals surface area (Å²) in [6, 6.07) is 7.79. The number of aliphatic hydroxyl groups is 1. The van der Waals surface area contributed by atoms with Gasteiger partial charge in [0, 0.05) is 12.2 Å². The lowest BCUT2D eigenvalue weighted by Crippen LogP contribution is -2.14. The second-order valence-corrected chi connectivity index (χ2v) is 5.59. The molecular weight excluding hydrogens is 362 g/mol. The first-order valence-electron chi connectivity index (χ1n) is 7.72. The molecule has 0 saturated carbocycles. The molecule has 0 aliphatic heterocycles. The van der Waals surface area contributed by atoms with E-state index in [2.05, 4.69) is 0 Å². The lowest BCUT2D eigenvalue weighted by molar-refractivity contribution is -0.142. The van der Waals surface area contributed by atoms with E-state index >= 15 is 0 Å². The van der Waals surface area contributed by atoms with Gasteiger partial charge in [-0.05, 0) is 42.7 Å². The number of rotatable bonds is 6. The lowest BCUT2D eigenvalue weighted by atomic mass is 10.0. The van der Waals surface area contributed by atoms with Crippen molar-refractivity contribution in [2.75, 3.05) is 6.61 Å². The predicted molar refractivity (Wildman–Crippen MR) is 82.6 cm³/mol. The first-order chi connectivity index (χ1) is 12.1. The van der Waals surface area contributed by atoms with Crippen molar-refractivity contribution in [1.82, 2.24) is 0 Å². The van der Waals surface area contributed by atoms with E-state index in [1.165, 1.54) is 6.07 Å². The zero-order valence-corrected chi connectivity index (χ0v) is 13.5. The minimum atomic E-state index is -4.79. The second-order valence-electron chi connectivity index (χ2n) is 5.59. The summed E-state index contributed by atoms with van der Waals surface area (Å²) in [4.78, 5) is 0. The molecule has 0 radical (unpaired) electrons. The molecule has 0 heterocycles. The van der Waals surface area contributed by atoms with Crippen LogP contribution in [0.4, 0.5) is 26.3 Å². The zero-order chi connectivity index (χ0) is 19.4. The largest absolute Gasteiger partial charge is 0.489 e. The number of para-hydroxylation sites is 1. The second kappa shape index (κ2) is 7.99. The maximum Gasteiger partial charge on any atom is 0.416 e. The Hall–Kier alpha value is -2.22. The highest BCUT2D eigenvalue weighted by Crippen LogP contribution is 2.37. The summed E-state index contributed by atoms with van der Waals surface area (Å²) in [5, 5.41) is 8.89. The van der Waals surface area contributed by atoms with E-state index < -0.39 is 35.6 Å². The van der Waals surface area contributed by atoms with Crippen LogP contribution in [0.15, 0.2) is 42.5 Å². The van der Waals surface area contributed by atoms with Gasteiger partial charge in [-0.3, -0.25) is 0 Å². The van der Waals surface area contributed by atoms with Crippen LogP contribution in [0.1, 0.15) is 28.7 Å². The van der Waals surface area contributed by atoms with Gasteiger partial charge in [0.25, 0.3) is 0 Å². The summed E-state index contributed by atoms with van der Waals surface area (Å²) in [6.45, 7) is -0.727. The highest BCUT2D eigenvalue weighted by Gasteiger charge is 2.37. The first kappa shape index (κ1) is 20.1. The number of benzene rings is 2. The minimum Gasteiger partial charge on any atom is -0.489 e. The van der Waals surface area contributed by atoms with E-state index in [1.807, 2.05) is 0 Å². The van der Waals surface area contributed by atoms with Gasteiger partial charge in [-0.1, -0.05) is 18.2 Å².